The van der Waals surface area contributed by atoms with Gasteiger partial charge in [0, 0.05) is 5.39 Å². The summed E-state index contributed by atoms with van der Waals surface area (Å²) < 4.78 is 24.6. The highest BCUT2D eigenvalue weighted by molar-refractivity contribution is 6.03. The van der Waals surface area contributed by atoms with Crippen LogP contribution in [0.15, 0.2) is 72.8 Å². The summed E-state index contributed by atoms with van der Waals surface area (Å²) in [6, 6.07) is 19.5. The second-order valence-corrected chi connectivity index (χ2v) is 7.48. The number of rotatable bonds is 8. The molecule has 0 aliphatic heterocycles. The first-order chi connectivity index (χ1) is 16.9. The Morgan fingerprint density at radius 2 is 1.77 bits per heavy atom. The van der Waals surface area contributed by atoms with Gasteiger partial charge in [-0.3, -0.25) is 4.79 Å². The van der Waals surface area contributed by atoms with E-state index in [1.54, 1.807) is 60.7 Å². The predicted molar refractivity (Wildman–Crippen MR) is 131 cm³/mol. The van der Waals surface area contributed by atoms with Gasteiger partial charge in [0.15, 0.2) is 18.1 Å². The van der Waals surface area contributed by atoms with E-state index in [1.807, 2.05) is 0 Å². The van der Waals surface area contributed by atoms with Gasteiger partial charge in [0.05, 0.1) is 29.6 Å². The van der Waals surface area contributed by atoms with Gasteiger partial charge >= 0.3 is 5.97 Å². The zero-order valence-electron chi connectivity index (χ0n) is 18.7. The van der Waals surface area contributed by atoms with E-state index in [0.717, 1.165) is 5.56 Å². The largest absolute Gasteiger partial charge is 0.493 e. The average Bonchev–Trinajstić information content (AvgIpc) is 2.87. The first kappa shape index (κ1) is 23.4. The van der Waals surface area contributed by atoms with E-state index in [9.17, 15) is 19.1 Å². The number of pyridine rings is 1. The van der Waals surface area contributed by atoms with Crippen LogP contribution in [-0.4, -0.2) is 35.7 Å². The molecule has 176 valence electrons. The molecule has 4 rings (SSSR count). The normalized spacial score (nSPS) is 10.9. The third-order valence-electron chi connectivity index (χ3n) is 5.11. The molecule has 0 radical (unpaired) electrons. The smallest absolute Gasteiger partial charge is 0.336 e. The van der Waals surface area contributed by atoms with E-state index < -0.39 is 17.7 Å². The molecule has 3 aromatic carbocycles. The molecule has 8 heteroatoms. The van der Waals surface area contributed by atoms with Crippen molar-refractivity contribution in [3.63, 3.8) is 0 Å². The number of hydrogen-bond donors (Lipinski definition) is 2. The Morgan fingerprint density at radius 3 is 2.54 bits per heavy atom. The molecule has 35 heavy (non-hydrogen) atoms. The van der Waals surface area contributed by atoms with Gasteiger partial charge in [-0.05, 0) is 48.0 Å². The standard InChI is InChI=1S/C27H21FN2O5/c1-34-25-14-17(10-12-18-15-20(27(32)33)19-6-2-4-8-22(19)29-18)11-13-24(25)35-16-26(31)30-23-9-5-3-7-21(23)28/h2-15H,16H2,1H3,(H,30,31)(H,32,33)/b12-10+. The molecule has 0 bridgehead atoms. The highest BCUT2D eigenvalue weighted by Gasteiger charge is 2.12. The molecule has 0 aliphatic carbocycles. The molecule has 0 atom stereocenters. The number of nitrogens with one attached hydrogen (secondary N) is 1. The summed E-state index contributed by atoms with van der Waals surface area (Å²) in [5.41, 5.74) is 2.07. The van der Waals surface area contributed by atoms with Crippen molar-refractivity contribution >= 4 is 40.6 Å². The lowest BCUT2D eigenvalue weighted by atomic mass is 10.1. The van der Waals surface area contributed by atoms with Crippen LogP contribution in [0.2, 0.25) is 0 Å². The van der Waals surface area contributed by atoms with Gasteiger partial charge in [-0.25, -0.2) is 14.2 Å². The van der Waals surface area contributed by atoms with Crippen molar-refractivity contribution < 1.29 is 28.6 Å². The fraction of sp³-hybridized carbons (Fsp3) is 0.0741. The van der Waals surface area contributed by atoms with Crippen LogP contribution in [0.1, 0.15) is 21.6 Å². The molecule has 1 heterocycles. The number of aromatic carboxylic acids is 1. The summed E-state index contributed by atoms with van der Waals surface area (Å²) in [6.07, 6.45) is 3.47. The number of para-hydroxylation sites is 2. The van der Waals surface area contributed by atoms with Gasteiger partial charge in [0.1, 0.15) is 5.82 Å². The maximum absolute atomic E-state index is 13.7. The van der Waals surface area contributed by atoms with Crippen LogP contribution >= 0.6 is 0 Å². The van der Waals surface area contributed by atoms with E-state index >= 15 is 0 Å². The van der Waals surface area contributed by atoms with Crippen LogP contribution < -0.4 is 14.8 Å². The number of carbonyl (C=O) groups excluding carboxylic acids is 1. The third kappa shape index (κ3) is 5.62. The minimum absolute atomic E-state index is 0.0712. The van der Waals surface area contributed by atoms with Crippen LogP contribution in [-0.2, 0) is 4.79 Å². The lowest BCUT2D eigenvalue weighted by Crippen LogP contribution is -2.20. The monoisotopic (exact) mass is 472 g/mol. The summed E-state index contributed by atoms with van der Waals surface area (Å²) in [5, 5.41) is 12.6. The van der Waals surface area contributed by atoms with Crippen molar-refractivity contribution in [1.82, 2.24) is 4.98 Å². The van der Waals surface area contributed by atoms with E-state index in [1.165, 1.54) is 31.4 Å². The number of methoxy groups -OCH3 is 1. The maximum atomic E-state index is 13.7. The Bertz CT molecular complexity index is 1430. The molecule has 2 N–H and O–H groups in total. The van der Waals surface area contributed by atoms with Gasteiger partial charge < -0.3 is 19.9 Å². The zero-order chi connectivity index (χ0) is 24.8. The number of fused-ring (bicyclic) bond motifs is 1. The number of benzene rings is 3. The molecule has 4 aromatic rings. The number of carboxylic acids is 1. The molecular weight excluding hydrogens is 451 g/mol. The van der Waals surface area contributed by atoms with E-state index in [2.05, 4.69) is 10.3 Å². The number of nitrogens with zero attached hydrogens (tertiary/aromatic N) is 1. The zero-order valence-corrected chi connectivity index (χ0v) is 18.7. The topological polar surface area (TPSA) is 97.8 Å². The molecule has 0 saturated heterocycles. The quantitative estimate of drug-likeness (QED) is 0.363. The highest BCUT2D eigenvalue weighted by Crippen LogP contribution is 2.29. The SMILES string of the molecule is COc1cc(/C=C/c2cc(C(=O)O)c3ccccc3n2)ccc1OCC(=O)Nc1ccccc1F. The summed E-state index contributed by atoms with van der Waals surface area (Å²) in [7, 11) is 1.47. The van der Waals surface area contributed by atoms with E-state index in [0.29, 0.717) is 28.1 Å². The molecule has 7 nitrogen and oxygen atoms in total. The van der Waals surface area contributed by atoms with Crippen LogP contribution in [0.3, 0.4) is 0 Å². The van der Waals surface area contributed by atoms with Crippen molar-refractivity contribution in [3.05, 3.63) is 95.4 Å². The van der Waals surface area contributed by atoms with Crippen molar-refractivity contribution in [3.8, 4) is 11.5 Å². The average molecular weight is 472 g/mol. The van der Waals surface area contributed by atoms with Gasteiger partial charge in [-0.2, -0.15) is 0 Å². The Labute approximate surface area is 200 Å². The number of carboxylic acid groups (broad SMARTS) is 1. The maximum Gasteiger partial charge on any atom is 0.336 e. The first-order valence-corrected chi connectivity index (χ1v) is 10.6. The second kappa shape index (κ2) is 10.5. The molecule has 1 aromatic heterocycles. The summed E-state index contributed by atoms with van der Waals surface area (Å²) in [4.78, 5) is 28.3. The number of aromatic nitrogens is 1. The Balaban J connectivity index is 1.48. The van der Waals surface area contributed by atoms with Crippen molar-refractivity contribution in [2.24, 2.45) is 0 Å². The summed E-state index contributed by atoms with van der Waals surface area (Å²) in [5.74, 6) is -1.35. The molecule has 0 spiro atoms. The lowest BCUT2D eigenvalue weighted by Gasteiger charge is -2.12. The number of ether oxygens (including phenoxy) is 2. The minimum atomic E-state index is -1.03. The van der Waals surface area contributed by atoms with Crippen molar-refractivity contribution in [2.45, 2.75) is 0 Å². The van der Waals surface area contributed by atoms with Crippen molar-refractivity contribution in [1.29, 1.82) is 0 Å². The van der Waals surface area contributed by atoms with Crippen molar-refractivity contribution in [2.75, 3.05) is 19.0 Å². The molecule has 0 saturated carbocycles. The first-order valence-electron chi connectivity index (χ1n) is 10.6. The van der Waals surface area contributed by atoms with Crippen LogP contribution in [0, 0.1) is 5.82 Å². The fourth-order valence-corrected chi connectivity index (χ4v) is 3.44. The van der Waals surface area contributed by atoms with Crippen LogP contribution in [0.4, 0.5) is 10.1 Å². The number of anilines is 1. The molecule has 0 unspecified atom stereocenters. The van der Waals surface area contributed by atoms with Gasteiger partial charge in [-0.1, -0.05) is 42.5 Å². The van der Waals surface area contributed by atoms with Gasteiger partial charge in [0.25, 0.3) is 5.91 Å². The number of halogens is 1. The summed E-state index contributed by atoms with van der Waals surface area (Å²) in [6.45, 7) is -0.334. The fourth-order valence-electron chi connectivity index (χ4n) is 3.44. The molecule has 0 fully saturated rings. The van der Waals surface area contributed by atoms with E-state index in [4.69, 9.17) is 9.47 Å². The number of hydrogen-bond acceptors (Lipinski definition) is 5. The Hall–Kier alpha value is -4.72. The Kier molecular flexibility index (Phi) is 7.02. The molecule has 1 amide bonds. The minimum Gasteiger partial charge on any atom is -0.493 e. The lowest BCUT2D eigenvalue weighted by molar-refractivity contribution is -0.118. The van der Waals surface area contributed by atoms with Gasteiger partial charge in [0.2, 0.25) is 0 Å². The van der Waals surface area contributed by atoms with Crippen LogP contribution in [0.5, 0.6) is 11.5 Å². The second-order valence-electron chi connectivity index (χ2n) is 7.48. The summed E-state index contributed by atoms with van der Waals surface area (Å²) >= 11 is 0. The molecular formula is C27H21FN2O5. The van der Waals surface area contributed by atoms with E-state index in [-0.39, 0.29) is 17.9 Å². The molecule has 0 aliphatic rings. The third-order valence-corrected chi connectivity index (χ3v) is 5.11. The van der Waals surface area contributed by atoms with Crippen LogP contribution in [0.25, 0.3) is 23.1 Å². The van der Waals surface area contributed by atoms with Gasteiger partial charge in [-0.15, -0.1) is 0 Å². The Morgan fingerprint density at radius 1 is 1.00 bits per heavy atom. The number of carbonyl (C=O) groups is 2. The predicted octanol–water partition coefficient (Wildman–Crippen LogP) is 5.27. The number of amides is 1. The highest BCUT2D eigenvalue weighted by atomic mass is 19.1.